The monoisotopic (exact) mass is 489 g/mol. The number of carbonyl (C=O) groups is 3. The second-order valence-corrected chi connectivity index (χ2v) is 9.42. The van der Waals surface area contributed by atoms with Gasteiger partial charge in [0.25, 0.3) is 16.9 Å². The number of fused-ring (bicyclic) bond motifs is 1. The molecule has 1 N–H and O–H groups in total. The summed E-state index contributed by atoms with van der Waals surface area (Å²) >= 11 is 9.61. The summed E-state index contributed by atoms with van der Waals surface area (Å²) in [4.78, 5) is 38.6. The van der Waals surface area contributed by atoms with E-state index >= 15 is 0 Å². The lowest BCUT2D eigenvalue weighted by Crippen LogP contribution is -2.80. The number of tetrazole rings is 1. The van der Waals surface area contributed by atoms with Crippen LogP contribution in [-0.4, -0.2) is 83.4 Å². The van der Waals surface area contributed by atoms with E-state index in [1.54, 1.807) is 7.05 Å². The Morgan fingerprint density at radius 1 is 1.53 bits per heavy atom. The average molecular weight is 490 g/mol. The number of hydrogen-bond donors (Lipinski definition) is 1. The van der Waals surface area contributed by atoms with E-state index in [-0.39, 0.29) is 17.2 Å². The van der Waals surface area contributed by atoms with Gasteiger partial charge < -0.3 is 10.1 Å². The molecule has 2 aliphatic heterocycles. The minimum atomic E-state index is -1.58. The molecule has 1 aromatic rings. The Labute approximate surface area is 189 Å². The molecule has 15 heteroatoms. The van der Waals surface area contributed by atoms with Gasteiger partial charge in [0.1, 0.15) is 11.1 Å². The molecule has 0 bridgehead atoms. The highest BCUT2D eigenvalue weighted by atomic mass is 35.5. The number of hydrogen-bond acceptors (Lipinski definition) is 11. The Balaban J connectivity index is 1.78. The van der Waals surface area contributed by atoms with Crippen molar-refractivity contribution in [1.29, 1.82) is 5.26 Å². The number of nitrogens with one attached hydrogen (secondary N) is 1. The van der Waals surface area contributed by atoms with Crippen LogP contribution in [0.2, 0.25) is 0 Å². The van der Waals surface area contributed by atoms with Gasteiger partial charge in [0.15, 0.2) is 0 Å². The van der Waals surface area contributed by atoms with Crippen molar-refractivity contribution in [2.24, 2.45) is 7.05 Å². The van der Waals surface area contributed by atoms with Crippen LogP contribution in [0.3, 0.4) is 0 Å². The van der Waals surface area contributed by atoms with Crippen molar-refractivity contribution in [2.75, 3.05) is 30.1 Å². The maximum atomic E-state index is 13.0. The van der Waals surface area contributed by atoms with Crippen molar-refractivity contribution in [3.63, 3.8) is 0 Å². The molecule has 0 aromatic carbocycles. The largest absolute Gasteiger partial charge is 0.348 e. The smallest absolute Gasteiger partial charge is 0.284 e. The number of ether oxygens (including phenoxy) is 1. The lowest BCUT2D eigenvalue weighted by Gasteiger charge is -2.56. The molecule has 1 saturated heterocycles. The third-order valence-electron chi connectivity index (χ3n) is 4.30. The Kier molecular flexibility index (Phi) is 7.30. The quantitative estimate of drug-likeness (QED) is 0.164. The maximum Gasteiger partial charge on any atom is 0.284 e. The molecule has 0 saturated carbocycles. The summed E-state index contributed by atoms with van der Waals surface area (Å²) in [5.41, 5.74) is -0.828. The SMILES string of the molecule is CO[C@@]1(NC(=O)CSCC#N)C(=O)N2C(C(=O)Cl)=C(CSc3nnnn3C)CS[C@@H]21. The van der Waals surface area contributed by atoms with Crippen LogP contribution in [0.4, 0.5) is 0 Å². The topological polar surface area (TPSA) is 143 Å². The third-order valence-corrected chi connectivity index (χ3v) is 7.75. The Bertz CT molecular complexity index is 949. The van der Waals surface area contributed by atoms with Crippen molar-refractivity contribution < 1.29 is 19.1 Å². The van der Waals surface area contributed by atoms with Gasteiger partial charge in [0, 0.05) is 25.7 Å². The van der Waals surface area contributed by atoms with Gasteiger partial charge in [-0.3, -0.25) is 19.3 Å². The summed E-state index contributed by atoms with van der Waals surface area (Å²) in [6.45, 7) is 0. The summed E-state index contributed by atoms with van der Waals surface area (Å²) < 4.78 is 6.90. The first kappa shape index (κ1) is 22.9. The molecule has 160 valence electrons. The van der Waals surface area contributed by atoms with Crippen LogP contribution in [0, 0.1) is 11.3 Å². The number of amides is 2. The highest BCUT2D eigenvalue weighted by molar-refractivity contribution is 8.01. The van der Waals surface area contributed by atoms with Gasteiger partial charge in [-0.25, -0.2) is 4.68 Å². The van der Waals surface area contributed by atoms with Gasteiger partial charge in [-0.1, -0.05) is 11.8 Å². The van der Waals surface area contributed by atoms with E-state index in [9.17, 15) is 14.4 Å². The minimum absolute atomic E-state index is 0.00803. The highest BCUT2D eigenvalue weighted by Crippen LogP contribution is 2.47. The molecule has 0 aliphatic carbocycles. The van der Waals surface area contributed by atoms with E-state index in [2.05, 4.69) is 20.8 Å². The molecular weight excluding hydrogens is 474 g/mol. The molecule has 3 heterocycles. The Hall–Kier alpha value is -1.79. The predicted molar refractivity (Wildman–Crippen MR) is 111 cm³/mol. The van der Waals surface area contributed by atoms with Crippen molar-refractivity contribution >= 4 is 63.9 Å². The fourth-order valence-corrected chi connectivity index (χ4v) is 6.06. The lowest BCUT2D eigenvalue weighted by molar-refractivity contribution is -0.190. The van der Waals surface area contributed by atoms with E-state index in [1.165, 1.54) is 40.2 Å². The maximum absolute atomic E-state index is 13.0. The van der Waals surface area contributed by atoms with Gasteiger partial charge in [0.2, 0.25) is 11.1 Å². The molecular formula is C15H16ClN7O4S3. The van der Waals surface area contributed by atoms with Crippen molar-refractivity contribution in [3.8, 4) is 6.07 Å². The zero-order valence-corrected chi connectivity index (χ0v) is 19.0. The Morgan fingerprint density at radius 3 is 2.90 bits per heavy atom. The van der Waals surface area contributed by atoms with Crippen molar-refractivity contribution in [1.82, 2.24) is 30.4 Å². The number of thioether (sulfide) groups is 3. The van der Waals surface area contributed by atoms with Crippen LogP contribution in [0.25, 0.3) is 0 Å². The number of nitrogens with zero attached hydrogens (tertiary/aromatic N) is 6. The first-order chi connectivity index (χ1) is 14.4. The first-order valence-corrected chi connectivity index (χ1v) is 12.0. The van der Waals surface area contributed by atoms with Crippen molar-refractivity contribution in [2.45, 2.75) is 16.3 Å². The van der Waals surface area contributed by atoms with Gasteiger partial charge in [-0.15, -0.1) is 28.6 Å². The zero-order valence-electron chi connectivity index (χ0n) is 15.8. The third kappa shape index (κ3) is 4.17. The van der Waals surface area contributed by atoms with Crippen LogP contribution in [0.1, 0.15) is 0 Å². The normalized spacial score (nSPS) is 22.9. The first-order valence-electron chi connectivity index (χ1n) is 8.38. The van der Waals surface area contributed by atoms with Gasteiger partial charge in [-0.05, 0) is 27.6 Å². The van der Waals surface area contributed by atoms with E-state index in [0.29, 0.717) is 22.2 Å². The van der Waals surface area contributed by atoms with Crippen molar-refractivity contribution in [3.05, 3.63) is 11.3 Å². The Morgan fingerprint density at radius 2 is 2.30 bits per heavy atom. The number of aryl methyl sites for hydroxylation is 1. The predicted octanol–water partition coefficient (Wildman–Crippen LogP) is -0.0475. The lowest BCUT2D eigenvalue weighted by atomic mass is 9.98. The summed E-state index contributed by atoms with van der Waals surface area (Å²) in [6, 6.07) is 1.93. The molecule has 0 radical (unpaired) electrons. The van der Waals surface area contributed by atoms with Crippen LogP contribution in [0.15, 0.2) is 16.4 Å². The zero-order chi connectivity index (χ0) is 21.9. The fraction of sp³-hybridized carbons (Fsp3) is 0.533. The van der Waals surface area contributed by atoms with Gasteiger partial charge >= 0.3 is 0 Å². The molecule has 0 spiro atoms. The highest BCUT2D eigenvalue weighted by Gasteiger charge is 2.66. The summed E-state index contributed by atoms with van der Waals surface area (Å²) in [7, 11) is 3.01. The van der Waals surface area contributed by atoms with Gasteiger partial charge in [-0.2, -0.15) is 5.26 Å². The van der Waals surface area contributed by atoms with Crippen LogP contribution < -0.4 is 5.32 Å². The number of carbonyl (C=O) groups excluding carboxylic acids is 3. The second-order valence-electron chi connectivity index (χ2n) is 6.08. The fourth-order valence-electron chi connectivity index (χ4n) is 2.96. The number of rotatable bonds is 9. The molecule has 11 nitrogen and oxygen atoms in total. The number of aromatic nitrogens is 4. The molecule has 1 aromatic heterocycles. The minimum Gasteiger partial charge on any atom is -0.348 e. The van der Waals surface area contributed by atoms with E-state index in [4.69, 9.17) is 21.6 Å². The molecule has 30 heavy (non-hydrogen) atoms. The molecule has 0 unspecified atom stereocenters. The summed E-state index contributed by atoms with van der Waals surface area (Å²) in [5, 5.41) is 21.5. The number of methoxy groups -OCH3 is 1. The number of allylic oxidation sites excluding steroid dienone is 1. The number of nitriles is 1. The van der Waals surface area contributed by atoms with E-state index < -0.39 is 28.2 Å². The second kappa shape index (κ2) is 9.56. The number of β-lactam (4-membered cyclic amide) rings is 1. The van der Waals surface area contributed by atoms with E-state index in [0.717, 1.165) is 11.8 Å². The summed E-state index contributed by atoms with van der Waals surface area (Å²) in [6.07, 6.45) is 0. The van der Waals surface area contributed by atoms with Crippen LogP contribution in [0.5, 0.6) is 0 Å². The summed E-state index contributed by atoms with van der Waals surface area (Å²) in [5.74, 6) is -0.0831. The molecule has 2 atom stereocenters. The van der Waals surface area contributed by atoms with Crippen LogP contribution >= 0.6 is 46.9 Å². The molecule has 2 aliphatic rings. The van der Waals surface area contributed by atoms with Crippen LogP contribution in [-0.2, 0) is 26.2 Å². The van der Waals surface area contributed by atoms with E-state index in [1.807, 2.05) is 6.07 Å². The average Bonchev–Trinajstić information content (AvgIpc) is 3.14. The molecule has 2 amide bonds. The molecule has 1 fully saturated rings. The molecule has 3 rings (SSSR count). The standard InChI is InChI=1S/C15H16ClN7O4S3/c1-22-14(19-20-21-22)30-6-8-5-29-13-15(27-2,18-9(24)7-28-4-3-17)12(26)23(13)10(8)11(16)25/h13H,4-7H2,1-2H3,(H,18,24)/t13-,15+/m1/s1. The number of halogens is 1. The van der Waals surface area contributed by atoms with Gasteiger partial charge in [0.05, 0.1) is 17.6 Å².